The van der Waals surface area contributed by atoms with Gasteiger partial charge in [0.15, 0.2) is 0 Å². The molecule has 0 aliphatic rings. The highest BCUT2D eigenvalue weighted by atomic mass is 16.6. The van der Waals surface area contributed by atoms with Crippen molar-refractivity contribution < 1.29 is 9.53 Å². The Kier molecular flexibility index (Phi) is 4.72. The Hall–Kier alpha value is -0.730. The molecule has 0 bridgehead atoms. The molecule has 0 rings (SSSR count). The summed E-state index contributed by atoms with van der Waals surface area (Å²) in [5.41, 5.74) is 0. The molecule has 3 heteroatoms. The van der Waals surface area contributed by atoms with Gasteiger partial charge in [-0.2, -0.15) is 0 Å². The summed E-state index contributed by atoms with van der Waals surface area (Å²) in [6.45, 7) is 7.10. The standard InChI is InChI=1S/C7H14NO2/c1-4-6(3)10-7(9)8-5-2/h5-6H,4H2,1-3H3,(H,8,9). The Morgan fingerprint density at radius 1 is 1.80 bits per heavy atom. The van der Waals surface area contributed by atoms with E-state index in [1.54, 1.807) is 13.5 Å². The minimum Gasteiger partial charge on any atom is -0.447 e. The Balaban J connectivity index is 3.37. The van der Waals surface area contributed by atoms with Gasteiger partial charge in [0.2, 0.25) is 0 Å². The fraction of sp³-hybridized carbons (Fsp3) is 0.714. The quantitative estimate of drug-likeness (QED) is 0.654. The predicted octanol–water partition coefficient (Wildman–Crippen LogP) is 1.69. The summed E-state index contributed by atoms with van der Waals surface area (Å²) < 4.78 is 4.86. The van der Waals surface area contributed by atoms with Crippen molar-refractivity contribution in [1.29, 1.82) is 0 Å². The van der Waals surface area contributed by atoms with Crippen molar-refractivity contribution in [3.63, 3.8) is 0 Å². The van der Waals surface area contributed by atoms with E-state index in [0.29, 0.717) is 0 Å². The Morgan fingerprint density at radius 2 is 2.40 bits per heavy atom. The first-order valence-corrected chi connectivity index (χ1v) is 3.45. The maximum Gasteiger partial charge on any atom is 0.407 e. The topological polar surface area (TPSA) is 38.3 Å². The minimum absolute atomic E-state index is 0.0000463. The lowest BCUT2D eigenvalue weighted by Gasteiger charge is -2.09. The Bertz CT molecular complexity index is 104. The third-order valence-electron chi connectivity index (χ3n) is 1.15. The van der Waals surface area contributed by atoms with Crippen molar-refractivity contribution in [1.82, 2.24) is 5.32 Å². The van der Waals surface area contributed by atoms with E-state index in [1.165, 1.54) is 0 Å². The normalized spacial score (nSPS) is 12.3. The molecule has 0 saturated carbocycles. The summed E-state index contributed by atoms with van der Waals surface area (Å²) in [7, 11) is 0. The summed E-state index contributed by atoms with van der Waals surface area (Å²) in [5, 5.41) is 2.42. The van der Waals surface area contributed by atoms with Gasteiger partial charge < -0.3 is 10.1 Å². The predicted molar refractivity (Wildman–Crippen MR) is 39.3 cm³/mol. The van der Waals surface area contributed by atoms with E-state index in [2.05, 4.69) is 5.32 Å². The third kappa shape index (κ3) is 4.18. The number of amides is 1. The van der Waals surface area contributed by atoms with E-state index < -0.39 is 0 Å². The molecule has 0 aromatic rings. The molecule has 0 heterocycles. The largest absolute Gasteiger partial charge is 0.447 e. The summed E-state index contributed by atoms with van der Waals surface area (Å²) in [4.78, 5) is 10.6. The van der Waals surface area contributed by atoms with Crippen LogP contribution < -0.4 is 5.32 Å². The van der Waals surface area contributed by atoms with Crippen LogP contribution in [0.5, 0.6) is 0 Å². The molecule has 0 saturated heterocycles. The van der Waals surface area contributed by atoms with Gasteiger partial charge >= 0.3 is 6.09 Å². The molecular weight excluding hydrogens is 130 g/mol. The van der Waals surface area contributed by atoms with Crippen LogP contribution in [0.4, 0.5) is 4.79 Å². The van der Waals surface area contributed by atoms with Gasteiger partial charge in [0, 0.05) is 6.54 Å². The number of rotatable bonds is 3. The van der Waals surface area contributed by atoms with Crippen LogP contribution in [0.15, 0.2) is 0 Å². The van der Waals surface area contributed by atoms with Gasteiger partial charge in [-0.25, -0.2) is 4.79 Å². The van der Waals surface area contributed by atoms with Crippen molar-refractivity contribution in [3.8, 4) is 0 Å². The molecule has 0 fully saturated rings. The molecule has 1 amide bonds. The van der Waals surface area contributed by atoms with Crippen molar-refractivity contribution >= 4 is 6.09 Å². The van der Waals surface area contributed by atoms with Crippen molar-refractivity contribution in [2.75, 3.05) is 0 Å². The number of hydrogen-bond acceptors (Lipinski definition) is 2. The van der Waals surface area contributed by atoms with Gasteiger partial charge in [0.25, 0.3) is 0 Å². The average Bonchev–Trinajstić information content (AvgIpc) is 1.88. The van der Waals surface area contributed by atoms with Gasteiger partial charge in [-0.15, -0.1) is 0 Å². The Morgan fingerprint density at radius 3 is 2.80 bits per heavy atom. The van der Waals surface area contributed by atoms with E-state index in [-0.39, 0.29) is 12.2 Å². The zero-order chi connectivity index (χ0) is 7.98. The first-order valence-electron chi connectivity index (χ1n) is 3.45. The molecule has 0 aliphatic heterocycles. The maximum atomic E-state index is 10.6. The second-order valence-electron chi connectivity index (χ2n) is 2.06. The van der Waals surface area contributed by atoms with E-state index in [1.807, 2.05) is 13.8 Å². The molecule has 10 heavy (non-hydrogen) atoms. The van der Waals surface area contributed by atoms with Gasteiger partial charge in [-0.05, 0) is 20.3 Å². The van der Waals surface area contributed by atoms with Crippen LogP contribution in [0.25, 0.3) is 0 Å². The highest BCUT2D eigenvalue weighted by Gasteiger charge is 2.04. The SMILES string of the molecule is C[CH]NC(=O)OC(C)CC. The number of nitrogens with one attached hydrogen (secondary N) is 1. The molecule has 0 spiro atoms. The van der Waals surface area contributed by atoms with Gasteiger partial charge in [0.05, 0.1) is 0 Å². The van der Waals surface area contributed by atoms with Gasteiger partial charge in [-0.1, -0.05) is 6.92 Å². The highest BCUT2D eigenvalue weighted by molar-refractivity contribution is 5.67. The third-order valence-corrected chi connectivity index (χ3v) is 1.15. The van der Waals surface area contributed by atoms with Gasteiger partial charge in [0.1, 0.15) is 6.10 Å². The van der Waals surface area contributed by atoms with Crippen LogP contribution >= 0.6 is 0 Å². The number of ether oxygens (including phenoxy) is 1. The zero-order valence-electron chi connectivity index (χ0n) is 6.68. The van der Waals surface area contributed by atoms with E-state index in [9.17, 15) is 4.79 Å². The van der Waals surface area contributed by atoms with Crippen molar-refractivity contribution in [2.45, 2.75) is 33.3 Å². The average molecular weight is 144 g/mol. The monoisotopic (exact) mass is 144 g/mol. The van der Waals surface area contributed by atoms with Gasteiger partial charge in [-0.3, -0.25) is 0 Å². The molecule has 1 N–H and O–H groups in total. The van der Waals surface area contributed by atoms with Crippen LogP contribution in [-0.4, -0.2) is 12.2 Å². The summed E-state index contributed by atoms with van der Waals surface area (Å²) in [5.74, 6) is 0. The number of carbonyl (C=O) groups is 1. The number of alkyl carbamates (subject to hydrolysis) is 1. The van der Waals surface area contributed by atoms with E-state index in [4.69, 9.17) is 4.74 Å². The molecule has 0 aromatic heterocycles. The molecule has 1 atom stereocenters. The summed E-state index contributed by atoms with van der Waals surface area (Å²) >= 11 is 0. The smallest absolute Gasteiger partial charge is 0.407 e. The van der Waals surface area contributed by atoms with Crippen molar-refractivity contribution in [2.24, 2.45) is 0 Å². The number of hydrogen-bond donors (Lipinski definition) is 1. The molecule has 3 nitrogen and oxygen atoms in total. The first kappa shape index (κ1) is 9.27. The Labute approximate surface area is 61.8 Å². The second-order valence-corrected chi connectivity index (χ2v) is 2.06. The van der Waals surface area contributed by atoms with Crippen LogP contribution in [0, 0.1) is 6.54 Å². The fourth-order valence-corrected chi connectivity index (χ4v) is 0.418. The lowest BCUT2D eigenvalue weighted by molar-refractivity contribution is 0.107. The molecule has 0 aliphatic carbocycles. The molecular formula is C7H14NO2. The van der Waals surface area contributed by atoms with E-state index in [0.717, 1.165) is 6.42 Å². The summed E-state index contributed by atoms with van der Waals surface area (Å²) in [6.07, 6.45) is 0.466. The first-order chi connectivity index (χ1) is 4.70. The highest BCUT2D eigenvalue weighted by Crippen LogP contribution is 1.95. The van der Waals surface area contributed by atoms with Crippen molar-refractivity contribution in [3.05, 3.63) is 6.54 Å². The van der Waals surface area contributed by atoms with E-state index >= 15 is 0 Å². The van der Waals surface area contributed by atoms with Crippen LogP contribution in [0.1, 0.15) is 27.2 Å². The lowest BCUT2D eigenvalue weighted by Crippen LogP contribution is -2.24. The lowest BCUT2D eigenvalue weighted by atomic mass is 10.3. The van der Waals surface area contributed by atoms with Crippen LogP contribution in [-0.2, 0) is 4.74 Å². The van der Waals surface area contributed by atoms with Crippen LogP contribution in [0.3, 0.4) is 0 Å². The molecule has 1 unspecified atom stereocenters. The second kappa shape index (κ2) is 5.09. The fourth-order valence-electron chi connectivity index (χ4n) is 0.418. The zero-order valence-corrected chi connectivity index (χ0v) is 6.68. The van der Waals surface area contributed by atoms with Crippen LogP contribution in [0.2, 0.25) is 0 Å². The maximum absolute atomic E-state index is 10.6. The molecule has 59 valence electrons. The summed E-state index contributed by atoms with van der Waals surface area (Å²) in [6, 6.07) is 0. The number of carbonyl (C=O) groups excluding carboxylic acids is 1. The minimum atomic E-state index is -0.378. The molecule has 1 radical (unpaired) electrons. The molecule has 0 aromatic carbocycles.